The second-order valence-electron chi connectivity index (χ2n) is 4.31. The molecule has 0 atom stereocenters. The molecule has 0 saturated heterocycles. The van der Waals surface area contributed by atoms with Gasteiger partial charge in [0.05, 0.1) is 12.5 Å². The van der Waals surface area contributed by atoms with Crippen LogP contribution in [0, 0.1) is 12.3 Å². The van der Waals surface area contributed by atoms with E-state index in [0.29, 0.717) is 21.7 Å². The van der Waals surface area contributed by atoms with Crippen molar-refractivity contribution in [2.24, 2.45) is 0 Å². The van der Waals surface area contributed by atoms with Crippen LogP contribution >= 0.6 is 0 Å². The van der Waals surface area contributed by atoms with E-state index in [1.54, 1.807) is 0 Å². The van der Waals surface area contributed by atoms with Gasteiger partial charge >= 0.3 is 5.69 Å². The minimum Gasteiger partial charge on any atom is -0.422 e. The number of rotatable bonds is 1. The van der Waals surface area contributed by atoms with Gasteiger partial charge in [0.25, 0.3) is 0 Å². The third-order valence-electron chi connectivity index (χ3n) is 3.02. The Hall–Kier alpha value is -3.74. The predicted octanol–water partition coefficient (Wildman–Crippen LogP) is -0.329. The summed E-state index contributed by atoms with van der Waals surface area (Å²) in [4.78, 5) is 37.2. The summed E-state index contributed by atoms with van der Waals surface area (Å²) in [5, 5.41) is 9.64. The molecule has 4 heterocycles. The Bertz CT molecular complexity index is 1130. The molecular weight excluding hydrogens is 288 g/mol. The highest BCUT2D eigenvalue weighted by Gasteiger charge is 2.16. The molecule has 0 aromatic carbocycles. The van der Waals surface area contributed by atoms with Crippen molar-refractivity contribution in [1.82, 2.24) is 39.6 Å². The number of aromatic amines is 2. The van der Waals surface area contributed by atoms with Gasteiger partial charge in [-0.2, -0.15) is 0 Å². The topological polar surface area (TPSA) is 138 Å². The van der Waals surface area contributed by atoms with E-state index >= 15 is 0 Å². The summed E-state index contributed by atoms with van der Waals surface area (Å²) in [6.07, 6.45) is 8.33. The number of fused-ring (bicyclic) bond motifs is 2. The Kier molecular flexibility index (Phi) is 2.26. The zero-order valence-electron chi connectivity index (χ0n) is 10.8. The van der Waals surface area contributed by atoms with Crippen LogP contribution in [0.3, 0.4) is 0 Å². The van der Waals surface area contributed by atoms with Crippen LogP contribution in [0.2, 0.25) is 0 Å². The van der Waals surface area contributed by atoms with Gasteiger partial charge < -0.3 is 10.2 Å². The van der Waals surface area contributed by atoms with E-state index in [-0.39, 0.29) is 22.7 Å². The van der Waals surface area contributed by atoms with Crippen LogP contribution in [-0.2, 0) is 0 Å². The van der Waals surface area contributed by atoms with Crippen molar-refractivity contribution in [3.63, 3.8) is 0 Å². The lowest BCUT2D eigenvalue weighted by molar-refractivity contribution is 0.186. The molecule has 0 unspecified atom stereocenters. The molecule has 0 aliphatic carbocycles. The van der Waals surface area contributed by atoms with Crippen molar-refractivity contribution in [3.05, 3.63) is 28.7 Å². The number of hydrogen-bond donors (Lipinski definition) is 3. The van der Waals surface area contributed by atoms with Crippen LogP contribution in [0.1, 0.15) is 5.69 Å². The molecule has 10 nitrogen and oxygen atoms in total. The van der Waals surface area contributed by atoms with Crippen molar-refractivity contribution < 1.29 is 5.21 Å². The molecule has 0 saturated carbocycles. The first-order chi connectivity index (χ1) is 10.7. The van der Waals surface area contributed by atoms with Gasteiger partial charge in [0.15, 0.2) is 16.9 Å². The summed E-state index contributed by atoms with van der Waals surface area (Å²) in [6, 6.07) is 0. The SMILES string of the molecule is C#Cc1nc2[nH]c(=O)n(O)c2nc1-c1cnc2nc[nH]c2n1. The summed E-state index contributed by atoms with van der Waals surface area (Å²) < 4.78 is 0.355. The number of aromatic nitrogens is 8. The molecule has 0 spiro atoms. The summed E-state index contributed by atoms with van der Waals surface area (Å²) in [5.41, 5.74) is 0.908. The second-order valence-corrected chi connectivity index (χ2v) is 4.31. The lowest BCUT2D eigenvalue weighted by Crippen LogP contribution is -2.13. The zero-order valence-corrected chi connectivity index (χ0v) is 10.8. The molecule has 0 amide bonds. The van der Waals surface area contributed by atoms with Crippen molar-refractivity contribution in [1.29, 1.82) is 0 Å². The summed E-state index contributed by atoms with van der Waals surface area (Å²) in [7, 11) is 0. The van der Waals surface area contributed by atoms with Crippen LogP contribution in [0.5, 0.6) is 0 Å². The molecule has 4 aromatic rings. The van der Waals surface area contributed by atoms with Gasteiger partial charge in [-0.25, -0.2) is 29.7 Å². The fourth-order valence-corrected chi connectivity index (χ4v) is 2.03. The van der Waals surface area contributed by atoms with E-state index in [1.807, 2.05) is 0 Å². The Balaban J connectivity index is 2.05. The minimum atomic E-state index is -0.759. The fourth-order valence-electron chi connectivity index (χ4n) is 2.03. The van der Waals surface area contributed by atoms with Crippen LogP contribution in [0.15, 0.2) is 17.3 Å². The molecule has 0 bridgehead atoms. The van der Waals surface area contributed by atoms with Crippen LogP contribution in [0.4, 0.5) is 0 Å². The highest BCUT2D eigenvalue weighted by atomic mass is 16.5. The van der Waals surface area contributed by atoms with Crippen molar-refractivity contribution in [3.8, 4) is 23.7 Å². The van der Waals surface area contributed by atoms with E-state index in [4.69, 9.17) is 6.42 Å². The molecule has 4 rings (SSSR count). The quantitative estimate of drug-likeness (QED) is 0.323. The molecule has 3 N–H and O–H groups in total. The standard InChI is InChI=1S/C12H6N8O2/c1-2-5-7(6-3-13-8-9(17-6)15-4-14-8)18-11-10(16-5)19-12(21)20(11)22/h1,3-4,22H,(H,16,19,21)(H,13,14,15,17). The van der Waals surface area contributed by atoms with Gasteiger partial charge in [-0.3, -0.25) is 4.98 Å². The first kappa shape index (κ1) is 12.0. The lowest BCUT2D eigenvalue weighted by atomic mass is 10.2. The Morgan fingerprint density at radius 1 is 1.23 bits per heavy atom. The number of nitrogens with one attached hydrogen (secondary N) is 2. The van der Waals surface area contributed by atoms with Gasteiger partial charge in [-0.15, -0.1) is 11.2 Å². The van der Waals surface area contributed by atoms with E-state index in [9.17, 15) is 10.0 Å². The van der Waals surface area contributed by atoms with Crippen LogP contribution in [0.25, 0.3) is 34.0 Å². The van der Waals surface area contributed by atoms with E-state index in [1.165, 1.54) is 12.5 Å². The molecule has 4 aromatic heterocycles. The van der Waals surface area contributed by atoms with Crippen LogP contribution in [-0.4, -0.2) is 44.8 Å². The minimum absolute atomic E-state index is 0.0505. The Morgan fingerprint density at radius 3 is 2.91 bits per heavy atom. The highest BCUT2D eigenvalue weighted by molar-refractivity contribution is 5.75. The molecule has 10 heteroatoms. The van der Waals surface area contributed by atoms with Crippen LogP contribution < -0.4 is 5.69 Å². The van der Waals surface area contributed by atoms with Crippen molar-refractivity contribution >= 4 is 22.6 Å². The largest absolute Gasteiger partial charge is 0.422 e. The third-order valence-corrected chi connectivity index (χ3v) is 3.02. The summed E-state index contributed by atoms with van der Waals surface area (Å²) in [5.74, 6) is 2.38. The number of hydrogen-bond acceptors (Lipinski definition) is 7. The first-order valence-electron chi connectivity index (χ1n) is 6.02. The molecule has 0 aliphatic rings. The van der Waals surface area contributed by atoms with E-state index in [2.05, 4.69) is 40.8 Å². The molecule has 22 heavy (non-hydrogen) atoms. The lowest BCUT2D eigenvalue weighted by Gasteiger charge is -2.02. The van der Waals surface area contributed by atoms with Crippen molar-refractivity contribution in [2.75, 3.05) is 0 Å². The molecule has 106 valence electrons. The number of nitrogens with zero attached hydrogens (tertiary/aromatic N) is 6. The molecule has 0 radical (unpaired) electrons. The van der Waals surface area contributed by atoms with Crippen molar-refractivity contribution in [2.45, 2.75) is 0 Å². The number of imidazole rings is 2. The van der Waals surface area contributed by atoms with E-state index in [0.717, 1.165) is 0 Å². The Morgan fingerprint density at radius 2 is 2.09 bits per heavy atom. The maximum absolute atomic E-state index is 11.4. The predicted molar refractivity (Wildman–Crippen MR) is 73.9 cm³/mol. The summed E-state index contributed by atoms with van der Waals surface area (Å²) in [6.45, 7) is 0. The highest BCUT2D eigenvalue weighted by Crippen LogP contribution is 2.20. The maximum atomic E-state index is 11.4. The molecule has 0 fully saturated rings. The van der Waals surface area contributed by atoms with Gasteiger partial charge in [0.1, 0.15) is 17.1 Å². The number of terminal acetylenes is 1. The monoisotopic (exact) mass is 294 g/mol. The first-order valence-corrected chi connectivity index (χ1v) is 6.02. The molecule has 0 aliphatic heterocycles. The third kappa shape index (κ3) is 1.56. The smallest absolute Gasteiger partial charge is 0.362 e. The van der Waals surface area contributed by atoms with Gasteiger partial charge in [-0.05, 0) is 5.92 Å². The Labute approximate surface area is 120 Å². The fraction of sp³-hybridized carbons (Fsp3) is 0. The summed E-state index contributed by atoms with van der Waals surface area (Å²) >= 11 is 0. The second kappa shape index (κ2) is 4.13. The van der Waals surface area contributed by atoms with Gasteiger partial charge in [-0.1, -0.05) is 0 Å². The molecular formula is C12H6N8O2. The van der Waals surface area contributed by atoms with E-state index < -0.39 is 5.69 Å². The zero-order chi connectivity index (χ0) is 15.3. The van der Waals surface area contributed by atoms with Gasteiger partial charge in [0.2, 0.25) is 5.65 Å². The average Bonchev–Trinajstić information content (AvgIpc) is 3.10. The average molecular weight is 294 g/mol. The number of H-pyrrole nitrogens is 2. The van der Waals surface area contributed by atoms with Gasteiger partial charge in [0, 0.05) is 0 Å². The maximum Gasteiger partial charge on any atom is 0.362 e. The normalized spacial score (nSPS) is 11.0.